The first-order valence-corrected chi connectivity index (χ1v) is 7.57. The van der Waals surface area contributed by atoms with Gasteiger partial charge in [-0.05, 0) is 19.9 Å². The lowest BCUT2D eigenvalue weighted by molar-refractivity contribution is -0.148. The molecule has 0 spiro atoms. The van der Waals surface area contributed by atoms with Crippen molar-refractivity contribution in [1.29, 1.82) is 0 Å². The van der Waals surface area contributed by atoms with Gasteiger partial charge in [-0.25, -0.2) is 4.79 Å². The van der Waals surface area contributed by atoms with Crippen LogP contribution in [0.2, 0.25) is 0 Å². The van der Waals surface area contributed by atoms with Gasteiger partial charge in [-0.15, -0.1) is 0 Å². The molecule has 0 aromatic heterocycles. The molecule has 20 heavy (non-hydrogen) atoms. The molecule has 116 valence electrons. The van der Waals surface area contributed by atoms with Gasteiger partial charge in [0, 0.05) is 32.2 Å². The van der Waals surface area contributed by atoms with Crippen molar-refractivity contribution in [3.05, 3.63) is 0 Å². The summed E-state index contributed by atoms with van der Waals surface area (Å²) in [4.78, 5) is 16.1. The van der Waals surface area contributed by atoms with Crippen molar-refractivity contribution in [2.45, 2.75) is 19.4 Å². The summed E-state index contributed by atoms with van der Waals surface area (Å²) in [5.74, 6) is -0.278. The van der Waals surface area contributed by atoms with E-state index >= 15 is 0 Å². The molecular weight excluding hydrogens is 260 g/mol. The molecule has 0 aromatic rings. The van der Waals surface area contributed by atoms with E-state index in [9.17, 15) is 4.79 Å². The molecule has 0 saturated carbocycles. The summed E-state index contributed by atoms with van der Waals surface area (Å²) in [6.45, 7) is 9.80. The van der Waals surface area contributed by atoms with E-state index in [0.29, 0.717) is 19.3 Å². The molecule has 0 amide bonds. The topological polar surface area (TPSA) is 51.2 Å². The van der Waals surface area contributed by atoms with Gasteiger partial charge in [0.2, 0.25) is 0 Å². The largest absolute Gasteiger partial charge is 0.464 e. The molecule has 2 aliphatic rings. The van der Waals surface area contributed by atoms with Gasteiger partial charge in [-0.1, -0.05) is 0 Å². The summed E-state index contributed by atoms with van der Waals surface area (Å²) in [6.07, 6.45) is 1.22. The van der Waals surface area contributed by atoms with Crippen LogP contribution in [0.15, 0.2) is 0 Å². The van der Waals surface area contributed by atoms with Crippen molar-refractivity contribution in [2.24, 2.45) is 0 Å². The Bertz CT molecular complexity index is 295. The molecule has 0 bridgehead atoms. The van der Waals surface area contributed by atoms with Gasteiger partial charge in [0.15, 0.2) is 0 Å². The van der Waals surface area contributed by atoms with Crippen molar-refractivity contribution in [2.75, 3.05) is 65.8 Å². The number of rotatable bonds is 7. The molecule has 0 aliphatic carbocycles. The third-order valence-corrected chi connectivity index (χ3v) is 3.89. The summed E-state index contributed by atoms with van der Waals surface area (Å²) in [5.41, 5.74) is 0. The van der Waals surface area contributed by atoms with Crippen molar-refractivity contribution in [3.8, 4) is 0 Å². The van der Waals surface area contributed by atoms with E-state index in [2.05, 4.69) is 9.80 Å². The molecule has 1 atom stereocenters. The Kier molecular flexibility index (Phi) is 6.72. The van der Waals surface area contributed by atoms with Gasteiger partial charge in [-0.3, -0.25) is 9.80 Å². The van der Waals surface area contributed by atoms with Gasteiger partial charge < -0.3 is 14.2 Å². The first kappa shape index (κ1) is 15.7. The molecule has 6 nitrogen and oxygen atoms in total. The van der Waals surface area contributed by atoms with Crippen LogP contribution in [0.25, 0.3) is 0 Å². The minimum Gasteiger partial charge on any atom is -0.464 e. The van der Waals surface area contributed by atoms with E-state index in [1.54, 1.807) is 6.92 Å². The number of ether oxygens (including phenoxy) is 3. The highest BCUT2D eigenvalue weighted by Crippen LogP contribution is 2.16. The number of morpholine rings is 1. The molecular formula is C14H26N2O4. The zero-order chi connectivity index (χ0) is 14.2. The maximum absolute atomic E-state index is 11.1. The Labute approximate surface area is 120 Å². The second-order valence-electron chi connectivity index (χ2n) is 5.25. The highest BCUT2D eigenvalue weighted by Gasteiger charge is 2.28. The number of hydrogen-bond donors (Lipinski definition) is 0. The Morgan fingerprint density at radius 1 is 1.30 bits per heavy atom. The summed E-state index contributed by atoms with van der Waals surface area (Å²) in [7, 11) is 0. The lowest BCUT2D eigenvalue weighted by Crippen LogP contribution is -2.44. The first-order valence-electron chi connectivity index (χ1n) is 7.57. The molecule has 0 radical (unpaired) electrons. The van der Waals surface area contributed by atoms with Crippen molar-refractivity contribution >= 4 is 5.97 Å². The Balaban J connectivity index is 1.55. The predicted octanol–water partition coefficient (Wildman–Crippen LogP) is -0.0274. The zero-order valence-corrected chi connectivity index (χ0v) is 12.4. The van der Waals surface area contributed by atoms with Crippen LogP contribution >= 0.6 is 0 Å². The van der Waals surface area contributed by atoms with E-state index in [0.717, 1.165) is 45.9 Å². The molecule has 2 saturated heterocycles. The molecule has 6 heteroatoms. The average molecular weight is 286 g/mol. The molecule has 0 aromatic carbocycles. The number of esters is 1. The fourth-order valence-electron chi connectivity index (χ4n) is 2.81. The van der Waals surface area contributed by atoms with E-state index in [1.165, 1.54) is 6.42 Å². The van der Waals surface area contributed by atoms with E-state index in [4.69, 9.17) is 14.2 Å². The second kappa shape index (κ2) is 8.56. The third kappa shape index (κ3) is 5.01. The van der Waals surface area contributed by atoms with E-state index < -0.39 is 0 Å². The van der Waals surface area contributed by atoms with Gasteiger partial charge in [0.25, 0.3) is 0 Å². The third-order valence-electron chi connectivity index (χ3n) is 3.89. The number of carbonyl (C=O) groups is 1. The first-order chi connectivity index (χ1) is 9.79. The SMILES string of the molecule is CCOC(=O)COCCN1CCC(N2CCOCC2)C1. The van der Waals surface area contributed by atoms with Crippen LogP contribution in [0.1, 0.15) is 13.3 Å². The smallest absolute Gasteiger partial charge is 0.332 e. The molecule has 2 rings (SSSR count). The lowest BCUT2D eigenvalue weighted by atomic mass is 10.2. The number of hydrogen-bond acceptors (Lipinski definition) is 6. The van der Waals surface area contributed by atoms with Crippen LogP contribution in [0.5, 0.6) is 0 Å². The van der Waals surface area contributed by atoms with Crippen LogP contribution in [-0.2, 0) is 19.0 Å². The molecule has 1 unspecified atom stereocenters. The van der Waals surface area contributed by atoms with Crippen LogP contribution in [-0.4, -0.2) is 87.6 Å². The Hall–Kier alpha value is -0.690. The molecule has 0 N–H and O–H groups in total. The highest BCUT2D eigenvalue weighted by molar-refractivity contribution is 5.70. The van der Waals surface area contributed by atoms with E-state index in [1.807, 2.05) is 0 Å². The van der Waals surface area contributed by atoms with Crippen LogP contribution in [0.3, 0.4) is 0 Å². The minimum absolute atomic E-state index is 0.0641. The van der Waals surface area contributed by atoms with Gasteiger partial charge >= 0.3 is 5.97 Å². The maximum Gasteiger partial charge on any atom is 0.332 e. The molecule has 2 fully saturated rings. The van der Waals surface area contributed by atoms with Gasteiger partial charge in [0.1, 0.15) is 6.61 Å². The standard InChI is InChI=1S/C14H26N2O4/c1-2-20-14(17)12-19-8-5-15-4-3-13(11-15)16-6-9-18-10-7-16/h13H,2-12H2,1H3. The monoisotopic (exact) mass is 286 g/mol. The summed E-state index contributed by atoms with van der Waals surface area (Å²) in [5, 5.41) is 0. The van der Waals surface area contributed by atoms with Gasteiger partial charge in [0.05, 0.1) is 26.4 Å². The zero-order valence-electron chi connectivity index (χ0n) is 12.4. The number of carbonyl (C=O) groups excluding carboxylic acids is 1. The van der Waals surface area contributed by atoms with Crippen LogP contribution in [0, 0.1) is 0 Å². The molecule has 2 aliphatic heterocycles. The summed E-state index contributed by atoms with van der Waals surface area (Å²) in [6, 6.07) is 0.656. The van der Waals surface area contributed by atoms with Crippen LogP contribution in [0.4, 0.5) is 0 Å². The maximum atomic E-state index is 11.1. The van der Waals surface area contributed by atoms with Crippen molar-refractivity contribution in [1.82, 2.24) is 9.80 Å². The normalized spacial score (nSPS) is 24.9. The fourth-order valence-corrected chi connectivity index (χ4v) is 2.81. The molecule has 2 heterocycles. The van der Waals surface area contributed by atoms with Gasteiger partial charge in [-0.2, -0.15) is 0 Å². The van der Waals surface area contributed by atoms with Crippen LogP contribution < -0.4 is 0 Å². The Morgan fingerprint density at radius 2 is 2.10 bits per heavy atom. The summed E-state index contributed by atoms with van der Waals surface area (Å²) < 4.78 is 15.5. The second-order valence-corrected chi connectivity index (χ2v) is 5.25. The predicted molar refractivity (Wildman–Crippen MR) is 74.7 cm³/mol. The quantitative estimate of drug-likeness (QED) is 0.484. The lowest BCUT2D eigenvalue weighted by Gasteiger charge is -2.32. The van der Waals surface area contributed by atoms with Crippen molar-refractivity contribution < 1.29 is 19.0 Å². The Morgan fingerprint density at radius 3 is 2.85 bits per heavy atom. The highest BCUT2D eigenvalue weighted by atomic mass is 16.6. The van der Waals surface area contributed by atoms with E-state index in [-0.39, 0.29) is 12.6 Å². The minimum atomic E-state index is -0.278. The summed E-state index contributed by atoms with van der Waals surface area (Å²) >= 11 is 0. The van der Waals surface area contributed by atoms with Crippen molar-refractivity contribution in [3.63, 3.8) is 0 Å². The average Bonchev–Trinajstić information content (AvgIpc) is 2.94. The fraction of sp³-hybridized carbons (Fsp3) is 0.929. The number of likely N-dealkylation sites (tertiary alicyclic amines) is 1. The number of nitrogens with zero attached hydrogens (tertiary/aromatic N) is 2.